The monoisotopic (exact) mass is 296 g/mol. The van der Waals surface area contributed by atoms with E-state index in [1.165, 1.54) is 0 Å². The molecule has 3 N–H and O–H groups in total. The van der Waals surface area contributed by atoms with Crippen LogP contribution in [0.1, 0.15) is 0 Å². The Labute approximate surface area is 127 Å². The molecule has 0 aliphatic rings. The summed E-state index contributed by atoms with van der Waals surface area (Å²) in [6.45, 7) is 0. The number of rotatable bonds is 4. The molecule has 1 heterocycles. The molecule has 0 aliphatic carbocycles. The van der Waals surface area contributed by atoms with Crippen molar-refractivity contribution in [3.63, 3.8) is 0 Å². The van der Waals surface area contributed by atoms with Crippen LogP contribution in [0.15, 0.2) is 42.5 Å². The van der Waals surface area contributed by atoms with E-state index < -0.39 is 0 Å². The molecular weight excluding hydrogens is 280 g/mol. The maximum Gasteiger partial charge on any atom is 0.181 e. The van der Waals surface area contributed by atoms with Gasteiger partial charge in [-0.25, -0.2) is 4.98 Å². The van der Waals surface area contributed by atoms with Gasteiger partial charge in [0.15, 0.2) is 11.6 Å². The number of nitrogen functional groups attached to an aromatic ring is 1. The van der Waals surface area contributed by atoms with Crippen LogP contribution >= 0.6 is 0 Å². The molecule has 1 aromatic heterocycles. The van der Waals surface area contributed by atoms with Gasteiger partial charge in [0.2, 0.25) is 0 Å². The van der Waals surface area contributed by atoms with Crippen LogP contribution in [0.3, 0.4) is 0 Å². The second-order valence-corrected chi connectivity index (χ2v) is 4.70. The van der Waals surface area contributed by atoms with Gasteiger partial charge < -0.3 is 15.2 Å². The lowest BCUT2D eigenvalue weighted by molar-refractivity contribution is 0.415. The van der Waals surface area contributed by atoms with Gasteiger partial charge in [0.05, 0.1) is 19.8 Å². The van der Waals surface area contributed by atoms with Crippen LogP contribution in [0.2, 0.25) is 0 Å². The van der Waals surface area contributed by atoms with Crippen molar-refractivity contribution < 1.29 is 9.47 Å². The van der Waals surface area contributed by atoms with Gasteiger partial charge in [-0.1, -0.05) is 12.1 Å². The molecule has 112 valence electrons. The van der Waals surface area contributed by atoms with Crippen molar-refractivity contribution in [2.45, 2.75) is 0 Å². The van der Waals surface area contributed by atoms with Crippen LogP contribution < -0.4 is 15.2 Å². The summed E-state index contributed by atoms with van der Waals surface area (Å²) in [5.41, 5.74) is 8.11. The molecular formula is C16H16N4O2. The van der Waals surface area contributed by atoms with E-state index in [2.05, 4.69) is 15.2 Å². The second kappa shape index (κ2) is 5.77. The summed E-state index contributed by atoms with van der Waals surface area (Å²) in [4.78, 5) is 4.52. The number of nitrogens with zero attached hydrogens (tertiary/aromatic N) is 2. The van der Waals surface area contributed by atoms with Gasteiger partial charge in [-0.3, -0.25) is 5.10 Å². The lowest BCUT2D eigenvalue weighted by atomic mass is 10.1. The van der Waals surface area contributed by atoms with Gasteiger partial charge in [-0.05, 0) is 30.3 Å². The van der Waals surface area contributed by atoms with Crippen LogP contribution in [0, 0.1) is 0 Å². The van der Waals surface area contributed by atoms with Gasteiger partial charge in [0.25, 0.3) is 0 Å². The normalized spacial score (nSPS) is 10.5. The maximum atomic E-state index is 5.84. The lowest BCUT2D eigenvalue weighted by Crippen LogP contribution is -1.92. The van der Waals surface area contributed by atoms with Gasteiger partial charge in [0, 0.05) is 11.3 Å². The Morgan fingerprint density at radius 1 is 1.05 bits per heavy atom. The molecule has 6 nitrogen and oxygen atoms in total. The number of aromatic nitrogens is 3. The van der Waals surface area contributed by atoms with Crippen molar-refractivity contribution in [1.82, 2.24) is 15.2 Å². The molecule has 0 atom stereocenters. The first-order chi connectivity index (χ1) is 10.7. The number of ether oxygens (including phenoxy) is 2. The number of H-pyrrole nitrogens is 1. The smallest absolute Gasteiger partial charge is 0.181 e. The highest BCUT2D eigenvalue weighted by molar-refractivity contribution is 5.70. The molecule has 0 saturated heterocycles. The SMILES string of the molecule is COc1cccc(-c2n[nH]c(-c3cc(N)ccc3OC)n2)c1. The molecule has 3 rings (SSSR count). The Bertz CT molecular complexity index is 798. The van der Waals surface area contributed by atoms with Gasteiger partial charge >= 0.3 is 0 Å². The minimum atomic E-state index is 0.582. The Balaban J connectivity index is 2.02. The van der Waals surface area contributed by atoms with Gasteiger partial charge in [0.1, 0.15) is 11.5 Å². The molecule has 0 bridgehead atoms. The van der Waals surface area contributed by atoms with Crippen molar-refractivity contribution in [1.29, 1.82) is 0 Å². The van der Waals surface area contributed by atoms with E-state index >= 15 is 0 Å². The third kappa shape index (κ3) is 2.58. The van der Waals surface area contributed by atoms with E-state index in [4.69, 9.17) is 15.2 Å². The largest absolute Gasteiger partial charge is 0.497 e. The summed E-state index contributed by atoms with van der Waals surface area (Å²) in [6.07, 6.45) is 0. The average Bonchev–Trinajstić information content (AvgIpc) is 3.05. The summed E-state index contributed by atoms with van der Waals surface area (Å²) in [5.74, 6) is 2.62. The average molecular weight is 296 g/mol. The van der Waals surface area contributed by atoms with Crippen LogP contribution in [-0.4, -0.2) is 29.4 Å². The van der Waals surface area contributed by atoms with E-state index in [1.54, 1.807) is 32.4 Å². The third-order valence-corrected chi connectivity index (χ3v) is 3.29. The van der Waals surface area contributed by atoms with Gasteiger partial charge in [-0.15, -0.1) is 0 Å². The molecule has 0 fully saturated rings. The molecule has 0 amide bonds. The first-order valence-electron chi connectivity index (χ1n) is 6.72. The number of aromatic amines is 1. The summed E-state index contributed by atoms with van der Waals surface area (Å²) < 4.78 is 10.6. The van der Waals surface area contributed by atoms with Crippen molar-refractivity contribution >= 4 is 5.69 Å². The molecule has 0 radical (unpaired) electrons. The molecule has 0 unspecified atom stereocenters. The molecule has 3 aromatic rings. The number of benzene rings is 2. The highest BCUT2D eigenvalue weighted by Gasteiger charge is 2.13. The van der Waals surface area contributed by atoms with Gasteiger partial charge in [-0.2, -0.15) is 5.10 Å². The molecule has 2 aromatic carbocycles. The van der Waals surface area contributed by atoms with E-state index in [0.29, 0.717) is 23.1 Å². The predicted octanol–water partition coefficient (Wildman–Crippen LogP) is 2.74. The minimum Gasteiger partial charge on any atom is -0.497 e. The van der Waals surface area contributed by atoms with Crippen molar-refractivity contribution in [2.75, 3.05) is 20.0 Å². The molecule has 0 spiro atoms. The van der Waals surface area contributed by atoms with Crippen molar-refractivity contribution in [3.05, 3.63) is 42.5 Å². The fourth-order valence-electron chi connectivity index (χ4n) is 2.18. The van der Waals surface area contributed by atoms with E-state index in [9.17, 15) is 0 Å². The Morgan fingerprint density at radius 3 is 2.68 bits per heavy atom. The van der Waals surface area contributed by atoms with E-state index in [-0.39, 0.29) is 0 Å². The molecule has 0 aliphatic heterocycles. The van der Waals surface area contributed by atoms with Crippen LogP contribution in [0.4, 0.5) is 5.69 Å². The van der Waals surface area contributed by atoms with Crippen molar-refractivity contribution in [3.8, 4) is 34.3 Å². The van der Waals surface area contributed by atoms with Crippen LogP contribution in [0.25, 0.3) is 22.8 Å². The standard InChI is InChI=1S/C16H16N4O2/c1-21-12-5-3-4-10(8-12)15-18-16(20-19-15)13-9-11(17)6-7-14(13)22-2/h3-9H,17H2,1-2H3,(H,18,19,20). The fourth-order valence-corrected chi connectivity index (χ4v) is 2.18. The number of nitrogens with two attached hydrogens (primary N) is 1. The summed E-state index contributed by atoms with van der Waals surface area (Å²) in [5, 5.41) is 7.18. The van der Waals surface area contributed by atoms with Crippen LogP contribution in [0.5, 0.6) is 11.5 Å². The quantitative estimate of drug-likeness (QED) is 0.723. The van der Waals surface area contributed by atoms with E-state index in [1.807, 2.05) is 24.3 Å². The lowest BCUT2D eigenvalue weighted by Gasteiger charge is -2.06. The third-order valence-electron chi connectivity index (χ3n) is 3.29. The first kappa shape index (κ1) is 13.9. The molecule has 22 heavy (non-hydrogen) atoms. The minimum absolute atomic E-state index is 0.582. The first-order valence-corrected chi connectivity index (χ1v) is 6.72. The van der Waals surface area contributed by atoms with E-state index in [0.717, 1.165) is 16.9 Å². The Hall–Kier alpha value is -3.02. The summed E-state index contributed by atoms with van der Waals surface area (Å²) in [7, 11) is 3.23. The molecule has 6 heteroatoms. The zero-order valence-electron chi connectivity index (χ0n) is 12.3. The fraction of sp³-hybridized carbons (Fsp3) is 0.125. The summed E-state index contributed by atoms with van der Waals surface area (Å²) >= 11 is 0. The number of nitrogens with one attached hydrogen (secondary N) is 1. The zero-order chi connectivity index (χ0) is 15.5. The molecule has 0 saturated carbocycles. The predicted molar refractivity (Wildman–Crippen MR) is 84.8 cm³/mol. The zero-order valence-corrected chi connectivity index (χ0v) is 12.3. The number of anilines is 1. The topological polar surface area (TPSA) is 86.0 Å². The summed E-state index contributed by atoms with van der Waals surface area (Å²) in [6, 6.07) is 13.0. The Kier molecular flexibility index (Phi) is 3.65. The Morgan fingerprint density at radius 2 is 1.91 bits per heavy atom. The van der Waals surface area contributed by atoms with Crippen LogP contribution in [-0.2, 0) is 0 Å². The maximum absolute atomic E-state index is 5.84. The number of hydrogen-bond acceptors (Lipinski definition) is 5. The van der Waals surface area contributed by atoms with Crippen molar-refractivity contribution in [2.24, 2.45) is 0 Å². The number of hydrogen-bond donors (Lipinski definition) is 2. The highest BCUT2D eigenvalue weighted by atomic mass is 16.5. The second-order valence-electron chi connectivity index (χ2n) is 4.70. The number of methoxy groups -OCH3 is 2. The highest BCUT2D eigenvalue weighted by Crippen LogP contribution is 2.30.